The molecule has 0 bridgehead atoms. The van der Waals surface area contributed by atoms with Crippen molar-refractivity contribution < 1.29 is 0 Å². The lowest BCUT2D eigenvalue weighted by Crippen LogP contribution is -1.83. The number of anilines is 1. The molecule has 0 aromatic carbocycles. The first kappa shape index (κ1) is 8.40. The molecule has 0 saturated carbocycles. The Balaban J connectivity index is 2.47. The molecule has 0 spiro atoms. The number of rotatable bonds is 1. The van der Waals surface area contributed by atoms with Crippen LogP contribution >= 0.6 is 23.6 Å². The van der Waals surface area contributed by atoms with E-state index in [1.807, 2.05) is 23.7 Å². The maximum atomic E-state index is 5.52. The van der Waals surface area contributed by atoms with Crippen LogP contribution in [0, 0.1) is 4.64 Å². The van der Waals surface area contributed by atoms with Crippen molar-refractivity contribution in [1.82, 2.24) is 9.97 Å². The second-order valence-corrected chi connectivity index (χ2v) is 3.84. The molecule has 0 aliphatic rings. The maximum Gasteiger partial charge on any atom is 0.180 e. The summed E-state index contributed by atoms with van der Waals surface area (Å²) in [7, 11) is 0. The first-order valence-corrected chi connectivity index (χ1v) is 4.94. The van der Waals surface area contributed by atoms with E-state index >= 15 is 0 Å². The van der Waals surface area contributed by atoms with Crippen LogP contribution in [0.4, 0.5) is 5.13 Å². The molecule has 2 rings (SSSR count). The summed E-state index contributed by atoms with van der Waals surface area (Å²) < 4.78 is 0.715. The Morgan fingerprint density at radius 2 is 2.31 bits per heavy atom. The lowest BCUT2D eigenvalue weighted by molar-refractivity contribution is 1.28. The number of pyridine rings is 1. The van der Waals surface area contributed by atoms with Crippen LogP contribution < -0.4 is 5.73 Å². The Morgan fingerprint density at radius 3 is 2.85 bits per heavy atom. The summed E-state index contributed by atoms with van der Waals surface area (Å²) in [5.74, 6) is 0. The Bertz CT molecular complexity index is 452. The van der Waals surface area contributed by atoms with E-state index in [9.17, 15) is 0 Å². The molecule has 2 aromatic rings. The van der Waals surface area contributed by atoms with Crippen LogP contribution in [0.15, 0.2) is 23.7 Å². The second-order valence-electron chi connectivity index (χ2n) is 2.51. The lowest BCUT2D eigenvalue weighted by atomic mass is 10.2. The summed E-state index contributed by atoms with van der Waals surface area (Å²) >= 11 is 6.36. The van der Waals surface area contributed by atoms with Crippen LogP contribution in [-0.4, -0.2) is 9.97 Å². The van der Waals surface area contributed by atoms with Crippen molar-refractivity contribution >= 4 is 28.7 Å². The average molecular weight is 209 g/mol. The molecular formula is C8H7N3S2. The number of hydrogen-bond acceptors (Lipinski definition) is 4. The molecule has 66 valence electrons. The van der Waals surface area contributed by atoms with Crippen molar-refractivity contribution in [2.75, 3.05) is 5.73 Å². The van der Waals surface area contributed by atoms with Crippen LogP contribution in [-0.2, 0) is 0 Å². The summed E-state index contributed by atoms with van der Waals surface area (Å²) in [6.45, 7) is 0. The van der Waals surface area contributed by atoms with Gasteiger partial charge in [0.05, 0.1) is 5.69 Å². The van der Waals surface area contributed by atoms with Gasteiger partial charge in [0.1, 0.15) is 4.64 Å². The highest BCUT2D eigenvalue weighted by atomic mass is 32.1. The summed E-state index contributed by atoms with van der Waals surface area (Å²) in [4.78, 5) is 7.10. The zero-order chi connectivity index (χ0) is 9.26. The molecule has 0 atom stereocenters. The van der Waals surface area contributed by atoms with Crippen molar-refractivity contribution in [3.05, 3.63) is 28.4 Å². The Morgan fingerprint density at radius 1 is 1.46 bits per heavy atom. The minimum absolute atomic E-state index is 0.581. The summed E-state index contributed by atoms with van der Waals surface area (Å²) in [6.07, 6.45) is 1.83. The van der Waals surface area contributed by atoms with Gasteiger partial charge in [-0.05, 0) is 12.1 Å². The van der Waals surface area contributed by atoms with E-state index in [2.05, 4.69) is 9.97 Å². The van der Waals surface area contributed by atoms with Gasteiger partial charge in [0.25, 0.3) is 0 Å². The lowest BCUT2D eigenvalue weighted by Gasteiger charge is -1.93. The molecule has 0 unspecified atom stereocenters. The number of aromatic amines is 1. The topological polar surface area (TPSA) is 54.7 Å². The molecule has 3 N–H and O–H groups in total. The molecule has 0 fully saturated rings. The molecule has 3 nitrogen and oxygen atoms in total. The van der Waals surface area contributed by atoms with E-state index in [1.54, 1.807) is 0 Å². The smallest absolute Gasteiger partial charge is 0.180 e. The van der Waals surface area contributed by atoms with Crippen LogP contribution in [0.25, 0.3) is 11.3 Å². The molecule has 0 aliphatic heterocycles. The highest BCUT2D eigenvalue weighted by Crippen LogP contribution is 2.21. The third-order valence-electron chi connectivity index (χ3n) is 1.60. The molecule has 13 heavy (non-hydrogen) atoms. The Kier molecular flexibility index (Phi) is 2.12. The predicted molar refractivity (Wildman–Crippen MR) is 57.1 cm³/mol. The number of nitrogens with two attached hydrogens (primary N) is 1. The van der Waals surface area contributed by atoms with Crippen molar-refractivity contribution in [1.29, 1.82) is 0 Å². The quantitative estimate of drug-likeness (QED) is 0.709. The summed E-state index contributed by atoms with van der Waals surface area (Å²) in [6, 6.07) is 3.76. The number of nitrogens with one attached hydrogen (secondary N) is 1. The van der Waals surface area contributed by atoms with Gasteiger partial charge in [0.2, 0.25) is 0 Å². The number of nitrogens with zero attached hydrogens (tertiary/aromatic N) is 1. The van der Waals surface area contributed by atoms with Gasteiger partial charge in [-0.2, -0.15) is 0 Å². The van der Waals surface area contributed by atoms with Gasteiger partial charge in [-0.1, -0.05) is 12.2 Å². The molecule has 5 heteroatoms. The van der Waals surface area contributed by atoms with Crippen LogP contribution in [0.5, 0.6) is 0 Å². The molecule has 2 aromatic heterocycles. The fraction of sp³-hybridized carbons (Fsp3) is 0. The standard InChI is InChI=1S/C8H7N3S2/c9-8-11-6(4-13-8)5-1-2-7(12)10-3-5/h1-4H,(H2,9,11)(H,10,12). The fourth-order valence-electron chi connectivity index (χ4n) is 0.990. The van der Waals surface area contributed by atoms with Gasteiger partial charge in [0, 0.05) is 17.1 Å². The zero-order valence-electron chi connectivity index (χ0n) is 6.65. The Labute approximate surface area is 84.3 Å². The monoisotopic (exact) mass is 209 g/mol. The van der Waals surface area contributed by atoms with E-state index in [4.69, 9.17) is 18.0 Å². The van der Waals surface area contributed by atoms with Gasteiger partial charge >= 0.3 is 0 Å². The highest BCUT2D eigenvalue weighted by Gasteiger charge is 2.00. The normalized spacial score (nSPS) is 10.2. The van der Waals surface area contributed by atoms with Crippen molar-refractivity contribution in [3.8, 4) is 11.3 Å². The molecule has 0 amide bonds. The van der Waals surface area contributed by atoms with E-state index in [1.165, 1.54) is 11.3 Å². The maximum absolute atomic E-state index is 5.52. The van der Waals surface area contributed by atoms with Gasteiger partial charge in [-0.15, -0.1) is 11.3 Å². The number of aromatic nitrogens is 2. The SMILES string of the molecule is Nc1nc(-c2ccc(=S)[nH]c2)cs1. The van der Waals surface area contributed by atoms with E-state index < -0.39 is 0 Å². The van der Waals surface area contributed by atoms with Crippen LogP contribution in [0.2, 0.25) is 0 Å². The largest absolute Gasteiger partial charge is 0.375 e. The summed E-state index contributed by atoms with van der Waals surface area (Å²) in [5.41, 5.74) is 7.41. The minimum Gasteiger partial charge on any atom is -0.375 e. The van der Waals surface area contributed by atoms with E-state index in [-0.39, 0.29) is 0 Å². The van der Waals surface area contributed by atoms with Crippen LogP contribution in [0.3, 0.4) is 0 Å². The van der Waals surface area contributed by atoms with Crippen molar-refractivity contribution in [3.63, 3.8) is 0 Å². The van der Waals surface area contributed by atoms with Gasteiger partial charge < -0.3 is 10.7 Å². The summed E-state index contributed by atoms with van der Waals surface area (Å²) in [5, 5.41) is 2.50. The molecule has 2 heterocycles. The first-order valence-electron chi connectivity index (χ1n) is 3.66. The number of hydrogen-bond donors (Lipinski definition) is 2. The average Bonchev–Trinajstić information content (AvgIpc) is 2.53. The number of H-pyrrole nitrogens is 1. The zero-order valence-corrected chi connectivity index (χ0v) is 8.28. The van der Waals surface area contributed by atoms with Gasteiger partial charge in [-0.3, -0.25) is 0 Å². The first-order chi connectivity index (χ1) is 6.25. The molecular weight excluding hydrogens is 202 g/mol. The number of thiazole rings is 1. The Hall–Kier alpha value is -1.20. The second kappa shape index (κ2) is 3.27. The minimum atomic E-state index is 0.581. The third kappa shape index (κ3) is 1.76. The van der Waals surface area contributed by atoms with E-state index in [0.717, 1.165) is 11.3 Å². The number of nitrogen functional groups attached to an aromatic ring is 1. The molecule has 0 saturated heterocycles. The highest BCUT2D eigenvalue weighted by molar-refractivity contribution is 7.71. The fourth-order valence-corrected chi connectivity index (χ4v) is 1.69. The molecule has 0 radical (unpaired) electrons. The van der Waals surface area contributed by atoms with Crippen molar-refractivity contribution in [2.45, 2.75) is 0 Å². The van der Waals surface area contributed by atoms with Crippen LogP contribution in [0.1, 0.15) is 0 Å². The third-order valence-corrected chi connectivity index (χ3v) is 2.53. The molecule has 0 aliphatic carbocycles. The van der Waals surface area contributed by atoms with E-state index in [0.29, 0.717) is 9.77 Å². The van der Waals surface area contributed by atoms with Gasteiger partial charge in [-0.25, -0.2) is 4.98 Å². The van der Waals surface area contributed by atoms with Gasteiger partial charge in [0.15, 0.2) is 5.13 Å². The van der Waals surface area contributed by atoms with Crippen molar-refractivity contribution in [2.24, 2.45) is 0 Å². The predicted octanol–water partition coefficient (Wildman–Crippen LogP) is 2.45.